The van der Waals surface area contributed by atoms with Gasteiger partial charge in [-0.3, -0.25) is 23.4 Å². The van der Waals surface area contributed by atoms with Crippen molar-refractivity contribution in [1.29, 1.82) is 0 Å². The minimum absolute atomic E-state index is 0.0237. The number of nitrogen functional groups attached to an aromatic ring is 1. The first kappa shape index (κ1) is 40.1. The smallest absolute Gasteiger partial charge is 0.394 e. The third-order valence-electron chi connectivity index (χ3n) is 7.86. The number of aliphatic hydroxyl groups excluding tert-OH is 5. The van der Waals surface area contributed by atoms with Gasteiger partial charge >= 0.3 is 27.0 Å². The van der Waals surface area contributed by atoms with Gasteiger partial charge in [0, 0.05) is 0 Å². The Bertz CT molecular complexity index is 2340. The molecule has 11 N–H and O–H groups in total. The Morgan fingerprint density at radius 2 is 1.62 bits per heavy atom. The maximum atomic E-state index is 12.5. The molecule has 0 saturated carbocycles. The number of aryl methyl sites for hydroxylation is 2. The lowest BCUT2D eigenvalue weighted by molar-refractivity contribution is -0.657. The number of aromatic nitrogens is 8. The van der Waals surface area contributed by atoms with Crippen LogP contribution in [0.3, 0.4) is 0 Å². The fourth-order valence-corrected chi connectivity index (χ4v) is 7.20. The van der Waals surface area contributed by atoms with E-state index in [0.717, 1.165) is 17.5 Å². The molecule has 0 amide bonds. The highest BCUT2D eigenvalue weighted by Crippen LogP contribution is 2.60. The number of imidazole rings is 1. The number of nitrogens with one attached hydrogen (secondary N) is 2. The van der Waals surface area contributed by atoms with Gasteiger partial charge in [0.2, 0.25) is 5.52 Å². The second kappa shape index (κ2) is 16.1. The Hall–Kier alpha value is -4.13. The van der Waals surface area contributed by atoms with Crippen molar-refractivity contribution in [3.05, 3.63) is 56.8 Å². The van der Waals surface area contributed by atoms with E-state index in [-0.39, 0.29) is 28.1 Å². The summed E-state index contributed by atoms with van der Waals surface area (Å²) in [4.78, 5) is 65.2. The molecule has 0 aliphatic rings. The summed E-state index contributed by atoms with van der Waals surface area (Å²) in [5.41, 5.74) is 6.28. The Balaban J connectivity index is 1.18. The maximum absolute atomic E-state index is 12.5. The van der Waals surface area contributed by atoms with Crippen LogP contribution in [0.2, 0.25) is 0 Å². The molecule has 0 bridgehead atoms. The summed E-state index contributed by atoms with van der Waals surface area (Å²) in [5, 5.41) is 51.7. The van der Waals surface area contributed by atoms with Crippen LogP contribution in [0, 0.1) is 13.8 Å². The van der Waals surface area contributed by atoms with Crippen LogP contribution in [0.1, 0.15) is 17.4 Å². The second-order valence-electron chi connectivity index (χ2n) is 11.6. The molecule has 5 aromatic rings. The zero-order valence-corrected chi connectivity index (χ0v) is 29.6. The molecule has 0 radical (unpaired) electrons. The number of hydrogen-bond donors (Lipinski definition) is 10. The third kappa shape index (κ3) is 9.16. The molecule has 0 aliphatic carbocycles. The number of phosphoric acid groups is 2. The summed E-state index contributed by atoms with van der Waals surface area (Å²) < 4.78 is 46.2. The molecule has 1 aromatic carbocycles. The number of phosphoric ester groups is 2. The Kier molecular flexibility index (Phi) is 12.2. The molecule has 4 heterocycles. The molecule has 24 nitrogen and oxygen atoms in total. The van der Waals surface area contributed by atoms with E-state index in [4.69, 9.17) is 10.5 Å². The van der Waals surface area contributed by atoms with Crippen LogP contribution in [0.15, 0.2) is 34.4 Å². The van der Waals surface area contributed by atoms with Gasteiger partial charge in [0.1, 0.15) is 48.3 Å². The number of fused-ring (bicyclic) bond motifs is 3. The van der Waals surface area contributed by atoms with Crippen LogP contribution in [-0.4, -0.2) is 121 Å². The Morgan fingerprint density at radius 3 is 2.34 bits per heavy atom. The van der Waals surface area contributed by atoms with Crippen molar-refractivity contribution in [3.8, 4) is 0 Å². The summed E-state index contributed by atoms with van der Waals surface area (Å²) in [6, 6.07) is 3.33. The molecule has 0 aliphatic heterocycles. The Morgan fingerprint density at radius 1 is 0.925 bits per heavy atom. The van der Waals surface area contributed by atoms with Crippen molar-refractivity contribution in [3.63, 3.8) is 0 Å². The lowest BCUT2D eigenvalue weighted by Crippen LogP contribution is -2.51. The number of benzene rings is 1. The predicted octanol–water partition coefficient (Wildman–Crippen LogP) is -2.71. The first-order valence-corrected chi connectivity index (χ1v) is 18.4. The topological polar surface area (TPSA) is 365 Å². The summed E-state index contributed by atoms with van der Waals surface area (Å²) in [7, 11) is -10.9. The van der Waals surface area contributed by atoms with Crippen LogP contribution in [-0.2, 0) is 33.8 Å². The molecular formula is C27H36N9O15P2+. The van der Waals surface area contributed by atoms with E-state index in [2.05, 4.69) is 43.3 Å². The van der Waals surface area contributed by atoms with E-state index in [9.17, 15) is 54.0 Å². The van der Waals surface area contributed by atoms with Gasteiger partial charge in [-0.1, -0.05) is 0 Å². The van der Waals surface area contributed by atoms with Gasteiger partial charge in [0.15, 0.2) is 23.2 Å². The summed E-state index contributed by atoms with van der Waals surface area (Å²) in [6.45, 7) is -0.277. The van der Waals surface area contributed by atoms with Gasteiger partial charge < -0.3 is 45.8 Å². The lowest BCUT2D eigenvalue weighted by atomic mass is 10.1. The lowest BCUT2D eigenvalue weighted by Gasteiger charge is -2.24. The minimum atomic E-state index is -5.49. The number of anilines is 1. The van der Waals surface area contributed by atoms with Crippen LogP contribution in [0.4, 0.5) is 5.82 Å². The number of hydrogen-bond acceptors (Lipinski definition) is 18. The average molecular weight is 789 g/mol. The fraction of sp³-hybridized carbons (Fsp3) is 0.444. The zero-order chi connectivity index (χ0) is 38.8. The van der Waals surface area contributed by atoms with Gasteiger partial charge in [-0.2, -0.15) is 9.29 Å². The number of aliphatic hydroxyl groups is 5. The van der Waals surface area contributed by atoms with Crippen LogP contribution < -0.4 is 21.5 Å². The average Bonchev–Trinajstić information content (AvgIpc) is 3.52. The number of ether oxygens (including phenoxy) is 1. The fourth-order valence-electron chi connectivity index (χ4n) is 5.13. The molecule has 288 valence electrons. The highest BCUT2D eigenvalue weighted by atomic mass is 31.3. The first-order chi connectivity index (χ1) is 24.9. The number of aromatic amines is 2. The van der Waals surface area contributed by atoms with E-state index in [1.54, 1.807) is 26.0 Å². The molecule has 0 fully saturated rings. The maximum Gasteiger partial charge on any atom is 0.481 e. The molecule has 53 heavy (non-hydrogen) atoms. The van der Waals surface area contributed by atoms with E-state index in [0.29, 0.717) is 11.0 Å². The molecule has 5 rings (SSSR count). The van der Waals surface area contributed by atoms with Gasteiger partial charge in [0.25, 0.3) is 5.56 Å². The highest BCUT2D eigenvalue weighted by Gasteiger charge is 2.38. The summed E-state index contributed by atoms with van der Waals surface area (Å²) >= 11 is 0. The second-order valence-corrected chi connectivity index (χ2v) is 14.7. The Labute approximate surface area is 296 Å². The monoisotopic (exact) mass is 788 g/mol. The van der Waals surface area contributed by atoms with Crippen molar-refractivity contribution in [2.45, 2.75) is 51.0 Å². The first-order valence-electron chi connectivity index (χ1n) is 15.4. The zero-order valence-electron chi connectivity index (χ0n) is 27.8. The predicted molar refractivity (Wildman–Crippen MR) is 179 cm³/mol. The summed E-state index contributed by atoms with van der Waals surface area (Å²) in [6.07, 6.45) is -6.63. The van der Waals surface area contributed by atoms with E-state index < -0.39 is 90.5 Å². The van der Waals surface area contributed by atoms with Gasteiger partial charge in [-0.25, -0.2) is 38.4 Å². The number of rotatable bonds is 17. The van der Waals surface area contributed by atoms with Crippen molar-refractivity contribution in [2.24, 2.45) is 0 Å². The van der Waals surface area contributed by atoms with Crippen molar-refractivity contribution in [2.75, 3.05) is 32.2 Å². The quantitative estimate of drug-likeness (QED) is 0.0198. The molecular weight excluding hydrogens is 752 g/mol. The molecule has 0 saturated heterocycles. The largest absolute Gasteiger partial charge is 0.481 e. The number of H-pyrrole nitrogens is 2. The van der Waals surface area contributed by atoms with Crippen molar-refractivity contribution < 1.29 is 67.1 Å². The standard InChI is InChI=1S/C27H35N9O15P2/c1-12-5-14-15(6-13(12)2)35(24-20(32-14)25(42)34-27(43)33-24)7-16(38)21(41)18(40)9-50-53(46,47)51-52(44,45)49-4-3-48-26(17(39)8-37)36-11-31-19-22(28)29-10-30-23(19)36/h5-6,10-11,16-18,21,26,37-41H,3-4,7-9H2,1-2H3,(H5,28,29,30,34,42,43,44,45,46,47)/p+1/t16-,17+,18+,21-,26?/m0/s1. The van der Waals surface area contributed by atoms with Gasteiger partial charge in [0.05, 0.1) is 32.8 Å². The molecule has 26 heteroatoms. The number of nitrogens with two attached hydrogens (primary N) is 1. The highest BCUT2D eigenvalue weighted by molar-refractivity contribution is 7.61. The van der Waals surface area contributed by atoms with Gasteiger partial charge in [-0.15, -0.1) is 0 Å². The van der Waals surface area contributed by atoms with Crippen molar-refractivity contribution >= 4 is 54.8 Å². The number of nitrogens with zero attached hydrogens (tertiary/aromatic N) is 6. The van der Waals surface area contributed by atoms with Crippen LogP contribution >= 0.6 is 15.6 Å². The molecule has 3 unspecified atom stereocenters. The normalized spacial score (nSPS) is 17.4. The third-order valence-corrected chi connectivity index (χ3v) is 10.5. The van der Waals surface area contributed by atoms with Crippen molar-refractivity contribution in [1.82, 2.24) is 34.5 Å². The van der Waals surface area contributed by atoms with Gasteiger partial charge in [-0.05, 0) is 37.1 Å². The van der Waals surface area contributed by atoms with Crippen LogP contribution in [0.5, 0.6) is 0 Å². The van der Waals surface area contributed by atoms with E-state index in [1.807, 2.05) is 0 Å². The van der Waals surface area contributed by atoms with E-state index in [1.165, 1.54) is 15.5 Å². The SMILES string of the molecule is Cc1cc2nc3c(=O)[nH]c(=O)[nH]c3[n+](C[C@H](O)[C@H](O)[C@H](O)COP(=O)(O)OP(=O)(O)OCCOC([C@H](O)CO)n3cnc4c(N)ncnc43)c2cc1C. The summed E-state index contributed by atoms with van der Waals surface area (Å²) in [5.74, 6) is 0.0237. The molecule has 0 spiro atoms. The minimum Gasteiger partial charge on any atom is -0.394 e. The van der Waals surface area contributed by atoms with E-state index >= 15 is 0 Å². The van der Waals surface area contributed by atoms with Crippen LogP contribution in [0.25, 0.3) is 33.4 Å². The molecule has 4 aromatic heterocycles. The molecule has 7 atom stereocenters.